The van der Waals surface area contributed by atoms with Gasteiger partial charge in [-0.3, -0.25) is 4.79 Å². The Balaban J connectivity index is 2.05. The van der Waals surface area contributed by atoms with Gasteiger partial charge in [0, 0.05) is 23.1 Å². The highest BCUT2D eigenvalue weighted by Crippen LogP contribution is 2.25. The smallest absolute Gasteiger partial charge is 0.254 e. The van der Waals surface area contributed by atoms with E-state index in [-0.39, 0.29) is 5.91 Å². The average molecular weight is 320 g/mol. The molecule has 1 fully saturated rings. The summed E-state index contributed by atoms with van der Waals surface area (Å²) in [6.07, 6.45) is 0. The molecule has 1 heterocycles. The second-order valence-corrected chi connectivity index (χ2v) is 5.49. The van der Waals surface area contributed by atoms with Crippen LogP contribution in [0.4, 0.5) is 0 Å². The lowest BCUT2D eigenvalue weighted by molar-refractivity contribution is 0.0304. The Bertz CT molecular complexity index is 621. The maximum absolute atomic E-state index is 12.6. The predicted molar refractivity (Wildman–Crippen MR) is 78.4 cm³/mol. The highest BCUT2D eigenvalue weighted by molar-refractivity contribution is 9.10. The number of morpholine rings is 1. The molecule has 0 N–H and O–H groups in total. The number of halogens is 1. The van der Waals surface area contributed by atoms with Crippen LogP contribution in [0.25, 0.3) is 10.8 Å². The molecule has 3 rings (SSSR count). The summed E-state index contributed by atoms with van der Waals surface area (Å²) in [7, 11) is 0. The van der Waals surface area contributed by atoms with E-state index in [2.05, 4.69) is 15.9 Å². The Kier molecular flexibility index (Phi) is 3.53. The molecule has 0 radical (unpaired) electrons. The zero-order valence-electron chi connectivity index (χ0n) is 10.4. The molecular weight excluding hydrogens is 306 g/mol. The van der Waals surface area contributed by atoms with Crippen molar-refractivity contribution in [2.24, 2.45) is 0 Å². The van der Waals surface area contributed by atoms with Gasteiger partial charge in [-0.1, -0.05) is 40.2 Å². The van der Waals surface area contributed by atoms with Crippen molar-refractivity contribution in [2.45, 2.75) is 0 Å². The number of fused-ring (bicyclic) bond motifs is 1. The maximum Gasteiger partial charge on any atom is 0.254 e. The third-order valence-corrected chi connectivity index (χ3v) is 3.81. The first-order chi connectivity index (χ1) is 9.25. The van der Waals surface area contributed by atoms with Crippen molar-refractivity contribution in [2.75, 3.05) is 26.3 Å². The topological polar surface area (TPSA) is 29.5 Å². The van der Waals surface area contributed by atoms with Crippen LogP contribution in [0, 0.1) is 0 Å². The molecule has 3 nitrogen and oxygen atoms in total. The van der Waals surface area contributed by atoms with Crippen LogP contribution in [0.2, 0.25) is 0 Å². The molecule has 0 atom stereocenters. The van der Waals surface area contributed by atoms with Crippen molar-refractivity contribution in [3.63, 3.8) is 0 Å². The molecule has 98 valence electrons. The summed E-state index contributed by atoms with van der Waals surface area (Å²) in [4.78, 5) is 14.5. The van der Waals surface area contributed by atoms with E-state index in [9.17, 15) is 4.79 Å². The lowest BCUT2D eigenvalue weighted by Gasteiger charge is -2.27. The molecule has 1 saturated heterocycles. The highest BCUT2D eigenvalue weighted by Gasteiger charge is 2.20. The molecule has 1 aliphatic heterocycles. The molecule has 4 heteroatoms. The fraction of sp³-hybridized carbons (Fsp3) is 0.267. The van der Waals surface area contributed by atoms with Gasteiger partial charge in [0.05, 0.1) is 13.2 Å². The molecule has 1 aliphatic rings. The van der Waals surface area contributed by atoms with Crippen LogP contribution in [-0.2, 0) is 4.74 Å². The second-order valence-electron chi connectivity index (χ2n) is 4.58. The van der Waals surface area contributed by atoms with Gasteiger partial charge in [-0.15, -0.1) is 0 Å². The first-order valence-electron chi connectivity index (χ1n) is 6.31. The number of hydrogen-bond acceptors (Lipinski definition) is 2. The molecule has 2 aromatic rings. The van der Waals surface area contributed by atoms with Crippen molar-refractivity contribution >= 4 is 32.6 Å². The largest absolute Gasteiger partial charge is 0.378 e. The molecule has 0 unspecified atom stereocenters. The van der Waals surface area contributed by atoms with Crippen molar-refractivity contribution in [1.29, 1.82) is 0 Å². The van der Waals surface area contributed by atoms with Gasteiger partial charge in [0.15, 0.2) is 0 Å². The predicted octanol–water partition coefficient (Wildman–Crippen LogP) is 3.07. The Hall–Kier alpha value is -1.39. The third kappa shape index (κ3) is 2.51. The molecule has 19 heavy (non-hydrogen) atoms. The Morgan fingerprint density at radius 1 is 1.16 bits per heavy atom. The number of carbonyl (C=O) groups is 1. The minimum atomic E-state index is 0.0841. The van der Waals surface area contributed by atoms with E-state index in [0.29, 0.717) is 26.3 Å². The maximum atomic E-state index is 12.6. The summed E-state index contributed by atoms with van der Waals surface area (Å²) >= 11 is 3.48. The van der Waals surface area contributed by atoms with Crippen molar-refractivity contribution in [3.8, 4) is 0 Å². The van der Waals surface area contributed by atoms with Crippen LogP contribution in [0.3, 0.4) is 0 Å². The first kappa shape index (κ1) is 12.6. The fourth-order valence-electron chi connectivity index (χ4n) is 2.39. The van der Waals surface area contributed by atoms with Crippen LogP contribution in [0.15, 0.2) is 40.9 Å². The van der Waals surface area contributed by atoms with E-state index in [1.807, 2.05) is 41.3 Å². The molecule has 0 saturated carbocycles. The van der Waals surface area contributed by atoms with Crippen molar-refractivity contribution < 1.29 is 9.53 Å². The Labute approximate surface area is 120 Å². The van der Waals surface area contributed by atoms with E-state index in [1.165, 1.54) is 0 Å². The van der Waals surface area contributed by atoms with Crippen LogP contribution in [-0.4, -0.2) is 37.1 Å². The number of amides is 1. The summed E-state index contributed by atoms with van der Waals surface area (Å²) < 4.78 is 6.23. The van der Waals surface area contributed by atoms with Crippen LogP contribution < -0.4 is 0 Å². The number of ether oxygens (including phenoxy) is 1. The molecule has 0 bridgehead atoms. The van der Waals surface area contributed by atoms with Crippen LogP contribution in [0.1, 0.15) is 10.4 Å². The quantitative estimate of drug-likeness (QED) is 0.808. The van der Waals surface area contributed by atoms with E-state index in [1.54, 1.807) is 0 Å². The molecule has 2 aromatic carbocycles. The lowest BCUT2D eigenvalue weighted by atomic mass is 10.0. The fourth-order valence-corrected chi connectivity index (χ4v) is 2.86. The molecule has 0 aliphatic carbocycles. The van der Waals surface area contributed by atoms with Crippen molar-refractivity contribution in [3.05, 3.63) is 46.4 Å². The van der Waals surface area contributed by atoms with Crippen LogP contribution in [0.5, 0.6) is 0 Å². The van der Waals surface area contributed by atoms with Gasteiger partial charge >= 0.3 is 0 Å². The van der Waals surface area contributed by atoms with Gasteiger partial charge < -0.3 is 9.64 Å². The number of benzene rings is 2. The average Bonchev–Trinajstić information content (AvgIpc) is 2.46. The molecule has 0 spiro atoms. The van der Waals surface area contributed by atoms with E-state index < -0.39 is 0 Å². The van der Waals surface area contributed by atoms with Gasteiger partial charge in [-0.25, -0.2) is 0 Å². The van der Waals surface area contributed by atoms with E-state index in [0.717, 1.165) is 20.8 Å². The van der Waals surface area contributed by atoms with Gasteiger partial charge in [0.1, 0.15) is 0 Å². The molecule has 1 amide bonds. The number of rotatable bonds is 1. The van der Waals surface area contributed by atoms with Gasteiger partial charge in [0.2, 0.25) is 0 Å². The second kappa shape index (κ2) is 5.31. The minimum Gasteiger partial charge on any atom is -0.378 e. The van der Waals surface area contributed by atoms with Gasteiger partial charge in [0.25, 0.3) is 5.91 Å². The van der Waals surface area contributed by atoms with Gasteiger partial charge in [-0.05, 0) is 22.9 Å². The number of nitrogens with zero attached hydrogens (tertiary/aromatic N) is 1. The summed E-state index contributed by atoms with van der Waals surface area (Å²) in [6.45, 7) is 2.58. The minimum absolute atomic E-state index is 0.0841. The first-order valence-corrected chi connectivity index (χ1v) is 7.10. The number of hydrogen-bond donors (Lipinski definition) is 0. The van der Waals surface area contributed by atoms with Crippen LogP contribution >= 0.6 is 15.9 Å². The van der Waals surface area contributed by atoms with E-state index >= 15 is 0 Å². The van der Waals surface area contributed by atoms with E-state index in [4.69, 9.17) is 4.74 Å². The molecule has 0 aromatic heterocycles. The monoisotopic (exact) mass is 319 g/mol. The van der Waals surface area contributed by atoms with Crippen molar-refractivity contribution in [1.82, 2.24) is 4.90 Å². The molecular formula is C15H14BrNO2. The van der Waals surface area contributed by atoms with Gasteiger partial charge in [-0.2, -0.15) is 0 Å². The summed E-state index contributed by atoms with van der Waals surface area (Å²) in [5.74, 6) is 0.0841. The number of carbonyl (C=O) groups excluding carboxylic acids is 1. The lowest BCUT2D eigenvalue weighted by Crippen LogP contribution is -2.40. The highest BCUT2D eigenvalue weighted by atomic mass is 79.9. The third-order valence-electron chi connectivity index (χ3n) is 3.36. The normalized spacial score (nSPS) is 15.7. The summed E-state index contributed by atoms with van der Waals surface area (Å²) in [5.41, 5.74) is 0.756. The summed E-state index contributed by atoms with van der Waals surface area (Å²) in [5, 5.41) is 2.08. The Morgan fingerprint density at radius 2 is 1.89 bits per heavy atom. The zero-order valence-corrected chi connectivity index (χ0v) is 12.0. The standard InChI is InChI=1S/C15H14BrNO2/c16-12-9-11-3-1-2-4-13(11)14(10-12)15(18)17-5-7-19-8-6-17/h1-4,9-10H,5-8H2. The summed E-state index contributed by atoms with van der Waals surface area (Å²) in [6, 6.07) is 11.9. The SMILES string of the molecule is O=C(c1cc(Br)cc2ccccc12)N1CCOCC1. The Morgan fingerprint density at radius 3 is 2.68 bits per heavy atom. The zero-order chi connectivity index (χ0) is 13.2.